The van der Waals surface area contributed by atoms with Crippen LogP contribution in [0.1, 0.15) is 20.7 Å². The fraction of sp³-hybridized carbons (Fsp3) is 0. The van der Waals surface area contributed by atoms with Crippen molar-refractivity contribution in [3.05, 3.63) is 58.4 Å². The molecule has 7 heteroatoms. The monoisotopic (exact) mass is 308 g/mol. The van der Waals surface area contributed by atoms with Gasteiger partial charge < -0.3 is 16.2 Å². The van der Waals surface area contributed by atoms with Gasteiger partial charge in [-0.25, -0.2) is 9.18 Å². The molecule has 4 N–H and O–H groups in total. The summed E-state index contributed by atoms with van der Waals surface area (Å²) in [6.45, 7) is 0. The zero-order valence-corrected chi connectivity index (χ0v) is 11.3. The Morgan fingerprint density at radius 3 is 2.57 bits per heavy atom. The molecule has 108 valence electrons. The Bertz CT molecular complexity index is 734. The third kappa shape index (κ3) is 3.11. The fourth-order valence-electron chi connectivity index (χ4n) is 1.75. The predicted molar refractivity (Wildman–Crippen MR) is 77.2 cm³/mol. The predicted octanol–water partition coefficient (Wildman–Crippen LogP) is 3.01. The SMILES string of the molecule is Nc1ccc(C(=O)Nc2cccc(Cl)c2C(=O)O)c(F)c1. The summed E-state index contributed by atoms with van der Waals surface area (Å²) < 4.78 is 13.7. The summed E-state index contributed by atoms with van der Waals surface area (Å²) in [7, 11) is 0. The van der Waals surface area contributed by atoms with Gasteiger partial charge in [-0.1, -0.05) is 17.7 Å². The van der Waals surface area contributed by atoms with Crippen molar-refractivity contribution in [3.63, 3.8) is 0 Å². The van der Waals surface area contributed by atoms with Gasteiger partial charge in [0.1, 0.15) is 11.4 Å². The van der Waals surface area contributed by atoms with Crippen LogP contribution in [0, 0.1) is 5.82 Å². The Labute approximate surface area is 124 Å². The maximum Gasteiger partial charge on any atom is 0.339 e. The van der Waals surface area contributed by atoms with E-state index in [4.69, 9.17) is 22.4 Å². The molecule has 0 aromatic heterocycles. The molecule has 1 amide bonds. The van der Waals surface area contributed by atoms with E-state index in [0.717, 1.165) is 6.07 Å². The Kier molecular flexibility index (Phi) is 4.09. The van der Waals surface area contributed by atoms with Gasteiger partial charge >= 0.3 is 5.97 Å². The van der Waals surface area contributed by atoms with Gasteiger partial charge in [-0.2, -0.15) is 0 Å². The zero-order valence-electron chi connectivity index (χ0n) is 10.6. The van der Waals surface area contributed by atoms with Crippen molar-refractivity contribution in [3.8, 4) is 0 Å². The van der Waals surface area contributed by atoms with Crippen LogP contribution in [0.5, 0.6) is 0 Å². The molecule has 0 heterocycles. The van der Waals surface area contributed by atoms with Gasteiger partial charge in [-0.3, -0.25) is 4.79 Å². The molecule has 0 aliphatic heterocycles. The lowest BCUT2D eigenvalue weighted by molar-refractivity contribution is 0.0698. The van der Waals surface area contributed by atoms with Gasteiger partial charge in [0.15, 0.2) is 0 Å². The van der Waals surface area contributed by atoms with Gasteiger partial charge in [0, 0.05) is 5.69 Å². The third-order valence-corrected chi connectivity index (χ3v) is 3.03. The summed E-state index contributed by atoms with van der Waals surface area (Å²) in [4.78, 5) is 23.2. The number of carboxylic acids is 1. The van der Waals surface area contributed by atoms with E-state index in [1.54, 1.807) is 0 Å². The average Bonchev–Trinajstić information content (AvgIpc) is 2.37. The van der Waals surface area contributed by atoms with Crippen LogP contribution in [0.25, 0.3) is 0 Å². The highest BCUT2D eigenvalue weighted by Gasteiger charge is 2.18. The molecule has 0 spiro atoms. The molecule has 0 unspecified atom stereocenters. The van der Waals surface area contributed by atoms with E-state index in [1.807, 2.05) is 0 Å². The van der Waals surface area contributed by atoms with Crippen molar-refractivity contribution in [2.24, 2.45) is 0 Å². The molecule has 2 aromatic rings. The second-order valence-corrected chi connectivity index (χ2v) is 4.57. The van der Waals surface area contributed by atoms with Gasteiger partial charge in [0.2, 0.25) is 0 Å². The maximum absolute atomic E-state index is 13.7. The van der Waals surface area contributed by atoms with Gasteiger partial charge in [0.25, 0.3) is 5.91 Å². The Morgan fingerprint density at radius 1 is 1.24 bits per heavy atom. The second kappa shape index (κ2) is 5.80. The number of anilines is 2. The van der Waals surface area contributed by atoms with Crippen LogP contribution in [0.15, 0.2) is 36.4 Å². The van der Waals surface area contributed by atoms with Gasteiger partial charge in [-0.05, 0) is 30.3 Å². The molecule has 0 saturated carbocycles. The highest BCUT2D eigenvalue weighted by molar-refractivity contribution is 6.34. The van der Waals surface area contributed by atoms with E-state index in [9.17, 15) is 14.0 Å². The lowest BCUT2D eigenvalue weighted by Crippen LogP contribution is -2.16. The number of rotatable bonds is 3. The van der Waals surface area contributed by atoms with E-state index in [2.05, 4.69) is 5.32 Å². The van der Waals surface area contributed by atoms with Gasteiger partial charge in [-0.15, -0.1) is 0 Å². The molecule has 21 heavy (non-hydrogen) atoms. The number of amides is 1. The standard InChI is InChI=1S/C14H10ClFN2O3/c15-9-2-1-3-11(12(9)14(20)21)18-13(19)8-5-4-7(17)6-10(8)16/h1-6H,17H2,(H,18,19)(H,20,21). The smallest absolute Gasteiger partial charge is 0.339 e. The van der Waals surface area contributed by atoms with E-state index in [1.165, 1.54) is 30.3 Å². The summed E-state index contributed by atoms with van der Waals surface area (Å²) in [6, 6.07) is 7.81. The van der Waals surface area contributed by atoms with Crippen molar-refractivity contribution in [2.45, 2.75) is 0 Å². The van der Waals surface area contributed by atoms with Crippen molar-refractivity contribution < 1.29 is 19.1 Å². The molecule has 0 atom stereocenters. The van der Waals surface area contributed by atoms with Crippen LogP contribution < -0.4 is 11.1 Å². The fourth-order valence-corrected chi connectivity index (χ4v) is 2.01. The van der Waals surface area contributed by atoms with Crippen LogP contribution in [-0.4, -0.2) is 17.0 Å². The van der Waals surface area contributed by atoms with Crippen molar-refractivity contribution >= 4 is 34.9 Å². The molecular formula is C14H10ClFN2O3. The number of carbonyl (C=O) groups is 2. The molecule has 0 aliphatic rings. The number of carboxylic acid groups (broad SMARTS) is 1. The largest absolute Gasteiger partial charge is 0.478 e. The zero-order chi connectivity index (χ0) is 15.6. The summed E-state index contributed by atoms with van der Waals surface area (Å²) >= 11 is 5.78. The Morgan fingerprint density at radius 2 is 1.95 bits per heavy atom. The third-order valence-electron chi connectivity index (χ3n) is 2.71. The number of nitrogens with two attached hydrogens (primary N) is 1. The molecule has 0 saturated heterocycles. The summed E-state index contributed by atoms with van der Waals surface area (Å²) in [5.74, 6) is -2.89. The van der Waals surface area contributed by atoms with E-state index < -0.39 is 17.7 Å². The lowest BCUT2D eigenvalue weighted by atomic mass is 10.1. The minimum Gasteiger partial charge on any atom is -0.478 e. The summed E-state index contributed by atoms with van der Waals surface area (Å²) in [5.41, 5.74) is 5.05. The number of aromatic carboxylic acids is 1. The number of nitrogens with one attached hydrogen (secondary N) is 1. The molecule has 2 rings (SSSR count). The average molecular weight is 309 g/mol. The van der Waals surface area contributed by atoms with Gasteiger partial charge in [0.05, 0.1) is 16.3 Å². The van der Waals surface area contributed by atoms with E-state index in [0.29, 0.717) is 0 Å². The number of benzene rings is 2. The highest BCUT2D eigenvalue weighted by Crippen LogP contribution is 2.25. The molecule has 0 aliphatic carbocycles. The molecule has 5 nitrogen and oxygen atoms in total. The molecule has 2 aromatic carbocycles. The number of nitrogen functional groups attached to an aromatic ring is 1. The Balaban J connectivity index is 2.36. The van der Waals surface area contributed by atoms with E-state index in [-0.39, 0.29) is 27.5 Å². The molecular weight excluding hydrogens is 299 g/mol. The molecule has 0 bridgehead atoms. The highest BCUT2D eigenvalue weighted by atomic mass is 35.5. The second-order valence-electron chi connectivity index (χ2n) is 4.16. The number of carbonyl (C=O) groups excluding carboxylic acids is 1. The summed E-state index contributed by atoms with van der Waals surface area (Å²) in [6.07, 6.45) is 0. The quantitative estimate of drug-likeness (QED) is 0.760. The number of halogens is 2. The first-order valence-corrected chi connectivity index (χ1v) is 6.16. The normalized spacial score (nSPS) is 10.2. The van der Waals surface area contributed by atoms with Crippen molar-refractivity contribution in [1.29, 1.82) is 0 Å². The molecule has 0 radical (unpaired) electrons. The minimum absolute atomic E-state index is 0.0174. The van der Waals surface area contributed by atoms with Crippen molar-refractivity contribution in [1.82, 2.24) is 0 Å². The van der Waals surface area contributed by atoms with Crippen LogP contribution in [0.2, 0.25) is 5.02 Å². The maximum atomic E-state index is 13.7. The van der Waals surface area contributed by atoms with Crippen LogP contribution in [0.4, 0.5) is 15.8 Å². The number of hydrogen-bond acceptors (Lipinski definition) is 3. The van der Waals surface area contributed by atoms with Crippen LogP contribution >= 0.6 is 11.6 Å². The first-order chi connectivity index (χ1) is 9.90. The van der Waals surface area contributed by atoms with E-state index >= 15 is 0 Å². The first-order valence-electron chi connectivity index (χ1n) is 5.78. The molecule has 0 fully saturated rings. The number of hydrogen-bond donors (Lipinski definition) is 3. The first kappa shape index (κ1) is 14.8. The minimum atomic E-state index is -1.30. The lowest BCUT2D eigenvalue weighted by Gasteiger charge is -2.10. The summed E-state index contributed by atoms with van der Waals surface area (Å²) in [5, 5.41) is 11.4. The topological polar surface area (TPSA) is 92.4 Å². The van der Waals surface area contributed by atoms with Crippen LogP contribution in [-0.2, 0) is 0 Å². The van der Waals surface area contributed by atoms with Crippen molar-refractivity contribution in [2.75, 3.05) is 11.1 Å². The Hall–Kier alpha value is -2.60. The van der Waals surface area contributed by atoms with Crippen LogP contribution in [0.3, 0.4) is 0 Å².